The minimum atomic E-state index is -1.54. The highest BCUT2D eigenvalue weighted by Gasteiger charge is 2.32. The summed E-state index contributed by atoms with van der Waals surface area (Å²) in [4.78, 5) is 136. The first-order valence-corrected chi connectivity index (χ1v) is 31.8. The molecule has 0 spiro atoms. The Bertz CT molecular complexity index is 3660. The summed E-state index contributed by atoms with van der Waals surface area (Å²) in [6, 6.07) is -4.37. The summed E-state index contributed by atoms with van der Waals surface area (Å²) in [5.74, 6) is -4.46. The molecule has 0 aromatic carbocycles. The molecule has 88 heavy (non-hydrogen) atoms. The van der Waals surface area contributed by atoms with Gasteiger partial charge in [-0.15, -0.1) is 63.5 Å². The van der Waals surface area contributed by atoms with Gasteiger partial charge in [-0.2, -0.15) is 0 Å². The summed E-state index contributed by atoms with van der Waals surface area (Å²) in [7, 11) is 1.73. The van der Waals surface area contributed by atoms with Gasteiger partial charge in [0.2, 0.25) is 16.9 Å². The molecule has 8 bridgehead atoms. The SMILES string of the molecule is C#C.C=C(NC(=O)/C=C/SC(=N)C1=NC2=C(CC=C1)c1nc(cs1)C(=O)NC(C(C)O)C(=O)N/C(=C\C)c1nc(cs1)C(=O)NC(CS/C=C(/C)N)CC(N=O)C(=O)OC/C(C)=c1\c(C)c([nH]\c1=C\C)C(=O)SCC(NC)c1nc2cs1)C(N)=O.CC=O. The maximum Gasteiger partial charge on any atom is 0.334 e. The summed E-state index contributed by atoms with van der Waals surface area (Å²) in [5.41, 5.74) is 14.1. The molecule has 6 rings (SSSR count). The van der Waals surface area contributed by atoms with Crippen LogP contribution >= 0.6 is 69.3 Å². The molecule has 2 aliphatic heterocycles. The van der Waals surface area contributed by atoms with Crippen molar-refractivity contribution < 1.29 is 48.2 Å². The van der Waals surface area contributed by atoms with Crippen LogP contribution in [0.4, 0.5) is 0 Å². The van der Waals surface area contributed by atoms with Crippen LogP contribution in [-0.4, -0.2) is 132 Å². The first-order valence-electron chi connectivity index (χ1n) is 26.3. The Kier molecular flexibility index (Phi) is 29.2. The van der Waals surface area contributed by atoms with Gasteiger partial charge in [0.05, 0.1) is 40.6 Å². The number of carbonyl (C=O) groups is 8. The van der Waals surface area contributed by atoms with E-state index >= 15 is 0 Å². The zero-order valence-corrected chi connectivity index (χ0v) is 53.9. The van der Waals surface area contributed by atoms with Gasteiger partial charge in [0, 0.05) is 68.0 Å². The first-order chi connectivity index (χ1) is 42.0. The lowest BCUT2D eigenvalue weighted by molar-refractivity contribution is -0.144. The number of H-pyrrole nitrogens is 1. The van der Waals surface area contributed by atoms with Crippen molar-refractivity contribution in [2.45, 2.75) is 91.6 Å². The number of carbonyl (C=O) groups excluding carboxylic acids is 8. The van der Waals surface area contributed by atoms with Crippen molar-refractivity contribution in [3.05, 3.63) is 128 Å². The number of aromatic amines is 1. The van der Waals surface area contributed by atoms with Gasteiger partial charge >= 0.3 is 5.97 Å². The van der Waals surface area contributed by atoms with Crippen molar-refractivity contribution in [1.82, 2.24) is 46.5 Å². The minimum absolute atomic E-state index is 0.0610. The van der Waals surface area contributed by atoms with Gasteiger partial charge in [-0.1, -0.05) is 53.5 Å². The number of aliphatic hydroxyl groups excluding tert-OH is 1. The number of cyclic esters (lactones) is 1. The predicted octanol–water partition coefficient (Wildman–Crippen LogP) is 4.95. The van der Waals surface area contributed by atoms with E-state index in [0.717, 1.165) is 58.6 Å². The molecule has 2 aliphatic rings. The number of ether oxygens (including phenoxy) is 1. The summed E-state index contributed by atoms with van der Waals surface area (Å²) in [5, 5.41) is 46.2. The van der Waals surface area contributed by atoms with Gasteiger partial charge in [-0.05, 0) is 90.0 Å². The Hall–Kier alpha value is -8.22. The number of aliphatic hydroxyl groups is 1. The number of thiazole rings is 3. The van der Waals surface area contributed by atoms with E-state index in [2.05, 4.69) is 66.1 Å². The van der Waals surface area contributed by atoms with Crippen LogP contribution in [0.2, 0.25) is 0 Å². The highest BCUT2D eigenvalue weighted by molar-refractivity contribution is 8.18. The summed E-state index contributed by atoms with van der Waals surface area (Å²) < 4.78 is 5.67. The topological polar surface area (TPSA) is 398 Å². The van der Waals surface area contributed by atoms with E-state index in [9.17, 15) is 43.6 Å². The van der Waals surface area contributed by atoms with Gasteiger partial charge in [0.15, 0.2) is 6.04 Å². The average molecular weight is 1320 g/mol. The first kappa shape index (κ1) is 72.3. The second-order valence-electron chi connectivity index (χ2n) is 18.5. The lowest BCUT2D eigenvalue weighted by atomic mass is 10.1. The molecule has 0 saturated carbocycles. The standard InChI is InChI=1S/C53H60N14O10S6.C2H4O.C2H2/c1-9-31-40-24(3)17-77-52(74)34(67-76)16-29(19-78-18-25(4)54)59-46(71)36-22-82-50(65-36)32(10-2)62-48(73)42(28(7)68)66-47(72)37-21-80-49(64-37)30-12-11-13-33(45(56)79-15-14-39(69)58-27(6)44(55)70)61-43(30)35-20-81-51(63-35)38(57-8)23-83-53(75)41(60-31)26(40)5;1-2-3;1-2/h9-11,13-15,18,20-22,28-29,34,38,42,56-57,60,68H,6,12,16-17,19,23,54H2,1-5,7-8H3,(H2,55,70)(H,58,69)(H,59,71)(H,62,73)(H,66,72);2H,1H3;1-2H/b15-14+,25-18-,31-9+,32-10-,40-24+,56-45?;;. The van der Waals surface area contributed by atoms with Crippen molar-refractivity contribution in [1.29, 1.82) is 5.41 Å². The molecule has 0 fully saturated rings. The fourth-order valence-electron chi connectivity index (χ4n) is 7.89. The van der Waals surface area contributed by atoms with Gasteiger partial charge in [-0.3, -0.25) is 34.2 Å². The molecule has 12 N–H and O–H groups in total. The number of hydrogen-bond acceptors (Lipinski definition) is 25. The third kappa shape index (κ3) is 20.2. The molecule has 4 aromatic heterocycles. The quantitative estimate of drug-likeness (QED) is 0.0181. The number of aldehydes is 1. The van der Waals surface area contributed by atoms with Crippen LogP contribution in [0, 0.1) is 30.1 Å². The lowest BCUT2D eigenvalue weighted by Gasteiger charge is -2.21. The smallest absolute Gasteiger partial charge is 0.334 e. The molecule has 25 nitrogen and oxygen atoms in total. The van der Waals surface area contributed by atoms with Crippen LogP contribution in [0.3, 0.4) is 0 Å². The zero-order chi connectivity index (χ0) is 65.4. The Balaban J connectivity index is 0.00000321. The monoisotopic (exact) mass is 1310 g/mol. The van der Waals surface area contributed by atoms with Crippen LogP contribution in [0.5, 0.6) is 0 Å². The number of aromatic nitrogens is 4. The van der Waals surface area contributed by atoms with E-state index in [1.165, 1.54) is 59.2 Å². The molecule has 31 heteroatoms. The number of nitrogens with two attached hydrogens (primary N) is 2. The molecule has 4 aromatic rings. The summed E-state index contributed by atoms with van der Waals surface area (Å²) >= 11 is 6.54. The Morgan fingerprint density at radius 3 is 2.26 bits per heavy atom. The maximum absolute atomic E-state index is 14.1. The molecule has 5 atom stereocenters. The Labute approximate surface area is 531 Å². The summed E-state index contributed by atoms with van der Waals surface area (Å²) in [6.07, 6.45) is 15.0. The van der Waals surface area contributed by atoms with E-state index < -0.39 is 65.8 Å². The van der Waals surface area contributed by atoms with Crippen molar-refractivity contribution in [2.75, 3.05) is 25.2 Å². The van der Waals surface area contributed by atoms with Crippen molar-refractivity contribution in [2.24, 2.45) is 21.6 Å². The molecule has 5 unspecified atom stereocenters. The number of primary amides is 1. The number of allylic oxidation sites excluding steroid dienone is 5. The highest BCUT2D eigenvalue weighted by atomic mass is 32.2. The molecule has 0 radical (unpaired) electrons. The molecule has 5 amide bonds. The number of terminal acetylenes is 1. The third-order valence-corrected chi connectivity index (χ3v) is 17.7. The van der Waals surface area contributed by atoms with Crippen molar-refractivity contribution in [3.63, 3.8) is 0 Å². The van der Waals surface area contributed by atoms with Crippen molar-refractivity contribution in [3.8, 4) is 12.8 Å². The molecular formula is C57H66N14O11S6. The van der Waals surface area contributed by atoms with E-state index in [0.29, 0.717) is 60.1 Å². The van der Waals surface area contributed by atoms with E-state index in [1.54, 1.807) is 70.7 Å². The van der Waals surface area contributed by atoms with Gasteiger partial charge in [-0.25, -0.2) is 24.7 Å². The average Bonchev–Trinajstić information content (AvgIpc) is 3.95. The maximum atomic E-state index is 14.1. The fourth-order valence-corrected chi connectivity index (χ4v) is 13.0. The molecule has 0 saturated heterocycles. The lowest BCUT2D eigenvalue weighted by Crippen LogP contribution is -2.52. The number of aliphatic imine (C=N–C) groups is 1. The van der Waals surface area contributed by atoms with Crippen LogP contribution in [0.25, 0.3) is 28.6 Å². The summed E-state index contributed by atoms with van der Waals surface area (Å²) in [6.45, 7) is 14.5. The number of hydrogen-bond donors (Lipinski definition) is 10. The fraction of sp³-hybridized carbons (Fsp3) is 0.316. The zero-order valence-electron chi connectivity index (χ0n) is 49.0. The van der Waals surface area contributed by atoms with Gasteiger partial charge < -0.3 is 57.7 Å². The van der Waals surface area contributed by atoms with Crippen LogP contribution in [-0.2, 0) is 28.7 Å². The number of fused-ring (bicyclic) bond motifs is 10. The number of esters is 1. The normalized spacial score (nSPS) is 20.0. The number of nitrogens with zero attached hydrogens (tertiary/aromatic N) is 5. The second-order valence-corrected chi connectivity index (χ2v) is 23.9. The third-order valence-electron chi connectivity index (χ3n) is 12.1. The minimum Gasteiger partial charge on any atom is -0.459 e. The molecule has 6 heterocycles. The molecule has 0 aliphatic carbocycles. The van der Waals surface area contributed by atoms with Crippen LogP contribution < -0.4 is 48.6 Å². The van der Waals surface area contributed by atoms with E-state index in [-0.39, 0.29) is 74.6 Å². The van der Waals surface area contributed by atoms with Gasteiger partial charge in [0.1, 0.15) is 56.1 Å². The van der Waals surface area contributed by atoms with E-state index in [1.807, 2.05) is 0 Å². The Morgan fingerprint density at radius 2 is 1.65 bits per heavy atom. The van der Waals surface area contributed by atoms with Gasteiger partial charge in [0.25, 0.3) is 17.7 Å². The van der Waals surface area contributed by atoms with Crippen molar-refractivity contribution >= 4 is 156 Å². The number of nitrogens with one attached hydrogen (secondary N) is 7. The molecule has 466 valence electrons. The van der Waals surface area contributed by atoms with E-state index in [4.69, 9.17) is 36.4 Å². The number of amides is 5. The number of thioether (sulfide) groups is 3. The largest absolute Gasteiger partial charge is 0.459 e. The predicted molar refractivity (Wildman–Crippen MR) is 351 cm³/mol. The second kappa shape index (κ2) is 35.6. The van der Waals surface area contributed by atoms with Crippen LogP contribution in [0.15, 0.2) is 79.4 Å². The number of rotatable bonds is 11. The Morgan fingerprint density at radius 1 is 1.00 bits per heavy atom. The highest BCUT2D eigenvalue weighted by Crippen LogP contribution is 2.36. The number of nitroso groups, excluding NO2 is 1. The molecular weight excluding hydrogens is 1250 g/mol. The van der Waals surface area contributed by atoms with Crippen LogP contribution in [0.1, 0.15) is 118 Å².